The van der Waals surface area contributed by atoms with E-state index in [-0.39, 0.29) is 0 Å². The maximum Gasteiger partial charge on any atom is 0.151 e. The summed E-state index contributed by atoms with van der Waals surface area (Å²) >= 11 is 1.59. The minimum atomic E-state index is 0.464. The molecule has 2 heterocycles. The van der Waals surface area contributed by atoms with Crippen LogP contribution in [0.4, 0.5) is 0 Å². The van der Waals surface area contributed by atoms with Gasteiger partial charge in [-0.2, -0.15) is 5.10 Å². The van der Waals surface area contributed by atoms with Crippen LogP contribution >= 0.6 is 11.3 Å². The molecule has 80 valence electrons. The van der Waals surface area contributed by atoms with E-state index in [1.54, 1.807) is 17.5 Å². The third-order valence-electron chi connectivity index (χ3n) is 1.87. The summed E-state index contributed by atoms with van der Waals surface area (Å²) in [6.07, 6.45) is 3.57. The highest BCUT2D eigenvalue weighted by molar-refractivity contribution is 7.14. The molecule has 15 heavy (non-hydrogen) atoms. The van der Waals surface area contributed by atoms with Crippen LogP contribution in [-0.4, -0.2) is 26.4 Å². The van der Waals surface area contributed by atoms with Gasteiger partial charge in [0.2, 0.25) is 0 Å². The number of H-pyrrole nitrogens is 1. The Morgan fingerprint density at radius 3 is 3.00 bits per heavy atom. The molecule has 0 aliphatic rings. The summed E-state index contributed by atoms with van der Waals surface area (Å²) in [5, 5.41) is 20.1. The van der Waals surface area contributed by atoms with Gasteiger partial charge in [0.15, 0.2) is 5.01 Å². The second-order valence-corrected chi connectivity index (χ2v) is 4.59. The molecule has 0 aliphatic carbocycles. The third-order valence-corrected chi connectivity index (χ3v) is 2.85. The lowest BCUT2D eigenvalue weighted by Gasteiger charge is -2.03. The van der Waals surface area contributed by atoms with Crippen molar-refractivity contribution in [2.45, 2.75) is 26.4 Å². The van der Waals surface area contributed by atoms with Gasteiger partial charge in [0.25, 0.3) is 0 Å². The number of rotatable bonds is 4. The van der Waals surface area contributed by atoms with Crippen molar-refractivity contribution < 1.29 is 0 Å². The van der Waals surface area contributed by atoms with Crippen molar-refractivity contribution in [2.75, 3.05) is 0 Å². The molecule has 2 aromatic rings. The zero-order chi connectivity index (χ0) is 10.7. The van der Waals surface area contributed by atoms with Crippen LogP contribution in [-0.2, 0) is 6.54 Å². The number of aromatic amines is 1. The summed E-state index contributed by atoms with van der Waals surface area (Å²) < 4.78 is 0. The zero-order valence-corrected chi connectivity index (χ0v) is 9.51. The Bertz CT molecular complexity index is 406. The quantitative estimate of drug-likeness (QED) is 0.822. The predicted octanol–water partition coefficient (Wildman–Crippen LogP) is 1.43. The standard InChI is InChI=1S/C9H13N5S/c1-6(2)10-5-8-13-14-9(15-8)7-3-11-12-4-7/h3-4,6,10H,5H2,1-2H3,(H,11,12). The van der Waals surface area contributed by atoms with Crippen molar-refractivity contribution >= 4 is 11.3 Å². The normalized spacial score (nSPS) is 11.1. The maximum atomic E-state index is 4.11. The molecule has 6 heteroatoms. The molecule has 0 unspecified atom stereocenters. The number of nitrogens with one attached hydrogen (secondary N) is 2. The molecule has 0 aliphatic heterocycles. The average Bonchev–Trinajstić information content (AvgIpc) is 2.85. The van der Waals surface area contributed by atoms with Crippen molar-refractivity contribution in [2.24, 2.45) is 0 Å². The first kappa shape index (κ1) is 10.3. The molecule has 0 bridgehead atoms. The lowest BCUT2D eigenvalue weighted by molar-refractivity contribution is 0.585. The Balaban J connectivity index is 2.04. The van der Waals surface area contributed by atoms with Crippen LogP contribution in [0.2, 0.25) is 0 Å². The summed E-state index contributed by atoms with van der Waals surface area (Å²) in [5.41, 5.74) is 0.989. The van der Waals surface area contributed by atoms with E-state index in [4.69, 9.17) is 0 Å². The number of hydrogen-bond acceptors (Lipinski definition) is 5. The molecule has 0 fully saturated rings. The van der Waals surface area contributed by atoms with Crippen LogP contribution in [0, 0.1) is 0 Å². The first-order valence-corrected chi connectivity index (χ1v) is 5.62. The fraction of sp³-hybridized carbons (Fsp3) is 0.444. The van der Waals surface area contributed by atoms with Crippen LogP contribution in [0.25, 0.3) is 10.6 Å². The van der Waals surface area contributed by atoms with E-state index in [1.807, 2.05) is 6.20 Å². The van der Waals surface area contributed by atoms with E-state index in [9.17, 15) is 0 Å². The monoisotopic (exact) mass is 223 g/mol. The summed E-state index contributed by atoms with van der Waals surface area (Å²) in [6.45, 7) is 4.99. The minimum Gasteiger partial charge on any atom is -0.308 e. The Hall–Kier alpha value is -1.27. The van der Waals surface area contributed by atoms with Gasteiger partial charge in [-0.3, -0.25) is 5.10 Å². The highest BCUT2D eigenvalue weighted by Crippen LogP contribution is 2.21. The van der Waals surface area contributed by atoms with Crippen LogP contribution in [0.3, 0.4) is 0 Å². The van der Waals surface area contributed by atoms with Crippen LogP contribution in [0.5, 0.6) is 0 Å². The topological polar surface area (TPSA) is 66.5 Å². The van der Waals surface area contributed by atoms with E-state index in [1.165, 1.54) is 0 Å². The van der Waals surface area contributed by atoms with Gasteiger partial charge in [0.05, 0.1) is 11.8 Å². The Kier molecular flexibility index (Phi) is 3.08. The maximum absolute atomic E-state index is 4.11. The van der Waals surface area contributed by atoms with Gasteiger partial charge in [-0.15, -0.1) is 10.2 Å². The number of aromatic nitrogens is 4. The minimum absolute atomic E-state index is 0.464. The molecule has 0 amide bonds. The molecular weight excluding hydrogens is 210 g/mol. The van der Waals surface area contributed by atoms with Gasteiger partial charge >= 0.3 is 0 Å². The second kappa shape index (κ2) is 4.50. The number of hydrogen-bond donors (Lipinski definition) is 2. The van der Waals surface area contributed by atoms with Gasteiger partial charge in [-0.25, -0.2) is 0 Å². The molecule has 2 rings (SSSR count). The zero-order valence-electron chi connectivity index (χ0n) is 8.69. The van der Waals surface area contributed by atoms with Crippen molar-refractivity contribution in [3.8, 4) is 10.6 Å². The largest absolute Gasteiger partial charge is 0.308 e. The van der Waals surface area contributed by atoms with Crippen LogP contribution < -0.4 is 5.32 Å². The van der Waals surface area contributed by atoms with Crippen LogP contribution in [0.15, 0.2) is 12.4 Å². The highest BCUT2D eigenvalue weighted by atomic mass is 32.1. The van der Waals surface area contributed by atoms with E-state index in [0.717, 1.165) is 22.1 Å². The molecule has 5 nitrogen and oxygen atoms in total. The summed E-state index contributed by atoms with van der Waals surface area (Å²) in [6, 6.07) is 0.464. The van der Waals surface area contributed by atoms with Gasteiger partial charge in [-0.1, -0.05) is 25.2 Å². The highest BCUT2D eigenvalue weighted by Gasteiger charge is 2.07. The van der Waals surface area contributed by atoms with E-state index >= 15 is 0 Å². The average molecular weight is 223 g/mol. The first-order valence-electron chi connectivity index (χ1n) is 4.80. The Morgan fingerprint density at radius 2 is 2.33 bits per heavy atom. The molecule has 0 saturated heterocycles. The fourth-order valence-electron chi connectivity index (χ4n) is 1.10. The van der Waals surface area contributed by atoms with E-state index in [0.29, 0.717) is 6.04 Å². The molecule has 0 spiro atoms. The molecule has 2 aromatic heterocycles. The predicted molar refractivity (Wildman–Crippen MR) is 59.5 cm³/mol. The van der Waals surface area contributed by atoms with Crippen molar-refractivity contribution in [1.29, 1.82) is 0 Å². The molecular formula is C9H13N5S. The van der Waals surface area contributed by atoms with Gasteiger partial charge in [0.1, 0.15) is 5.01 Å². The van der Waals surface area contributed by atoms with Crippen molar-refractivity contribution in [1.82, 2.24) is 25.7 Å². The Labute approximate surface area is 91.9 Å². The summed E-state index contributed by atoms with van der Waals surface area (Å²) in [5.74, 6) is 0. The van der Waals surface area contributed by atoms with E-state index in [2.05, 4.69) is 39.6 Å². The second-order valence-electron chi connectivity index (χ2n) is 3.52. The van der Waals surface area contributed by atoms with Crippen molar-refractivity contribution in [3.05, 3.63) is 17.4 Å². The SMILES string of the molecule is CC(C)NCc1nnc(-c2cn[nH]c2)s1. The first-order chi connectivity index (χ1) is 7.25. The molecule has 0 aromatic carbocycles. The van der Waals surface area contributed by atoms with Crippen molar-refractivity contribution in [3.63, 3.8) is 0 Å². The fourth-order valence-corrected chi connectivity index (χ4v) is 1.87. The smallest absolute Gasteiger partial charge is 0.151 e. The summed E-state index contributed by atoms with van der Waals surface area (Å²) in [7, 11) is 0. The molecule has 0 radical (unpaired) electrons. The summed E-state index contributed by atoms with van der Waals surface area (Å²) in [4.78, 5) is 0. The Morgan fingerprint density at radius 1 is 1.47 bits per heavy atom. The molecule has 0 atom stereocenters. The lowest BCUT2D eigenvalue weighted by Crippen LogP contribution is -2.21. The van der Waals surface area contributed by atoms with Gasteiger partial charge in [-0.05, 0) is 0 Å². The van der Waals surface area contributed by atoms with Gasteiger partial charge < -0.3 is 5.32 Å². The lowest BCUT2D eigenvalue weighted by atomic mass is 10.4. The molecule has 0 saturated carbocycles. The third kappa shape index (κ3) is 2.60. The van der Waals surface area contributed by atoms with Crippen LogP contribution in [0.1, 0.15) is 18.9 Å². The number of nitrogens with zero attached hydrogens (tertiary/aromatic N) is 3. The molecule has 2 N–H and O–H groups in total. The van der Waals surface area contributed by atoms with E-state index < -0.39 is 0 Å². The van der Waals surface area contributed by atoms with Gasteiger partial charge in [0, 0.05) is 18.8 Å².